The number of carbonyl (C=O) groups is 1. The van der Waals surface area contributed by atoms with Gasteiger partial charge in [-0.05, 0) is 36.8 Å². The Labute approximate surface area is 145 Å². The molecular weight excluding hydrogens is 324 g/mol. The number of carbonyl (C=O) groups excluding carboxylic acids is 1. The number of methoxy groups -OCH3 is 2. The number of nitrogens with zero attached hydrogens (tertiary/aromatic N) is 1. The number of hydrogen-bond acceptors (Lipinski definition) is 6. The Balaban J connectivity index is 2.36. The van der Waals surface area contributed by atoms with E-state index in [-0.39, 0.29) is 5.69 Å². The molecule has 0 fully saturated rings. The molecule has 7 nitrogen and oxygen atoms in total. The number of nitro benzene ring substituents is 1. The molecule has 132 valence electrons. The predicted molar refractivity (Wildman–Crippen MR) is 93.6 cm³/mol. The maximum atomic E-state index is 12.0. The molecule has 0 bridgehead atoms. The van der Waals surface area contributed by atoms with Crippen molar-refractivity contribution in [3.8, 4) is 5.75 Å². The minimum absolute atomic E-state index is 0.0314. The third-order valence-corrected chi connectivity index (χ3v) is 3.93. The SMILES string of the molecule is COC(=O)[C@H](C)[C@H](Nc1ccc(OC)cc1)c1cccc([N+](=O)[O-])c1. The van der Waals surface area contributed by atoms with Crippen molar-refractivity contribution in [2.24, 2.45) is 5.92 Å². The Morgan fingerprint density at radius 1 is 1.16 bits per heavy atom. The van der Waals surface area contributed by atoms with Gasteiger partial charge < -0.3 is 14.8 Å². The van der Waals surface area contributed by atoms with E-state index >= 15 is 0 Å². The van der Waals surface area contributed by atoms with Crippen molar-refractivity contribution < 1.29 is 19.2 Å². The van der Waals surface area contributed by atoms with E-state index in [0.717, 1.165) is 5.69 Å². The normalized spacial score (nSPS) is 12.8. The fraction of sp³-hybridized carbons (Fsp3) is 0.278. The summed E-state index contributed by atoms with van der Waals surface area (Å²) in [5, 5.41) is 14.3. The van der Waals surface area contributed by atoms with Crippen molar-refractivity contribution in [1.82, 2.24) is 0 Å². The van der Waals surface area contributed by atoms with Crippen LogP contribution in [-0.2, 0) is 9.53 Å². The van der Waals surface area contributed by atoms with Crippen molar-refractivity contribution in [2.45, 2.75) is 13.0 Å². The zero-order chi connectivity index (χ0) is 18.4. The second-order valence-corrected chi connectivity index (χ2v) is 5.51. The first-order chi connectivity index (χ1) is 12.0. The van der Waals surface area contributed by atoms with Gasteiger partial charge in [-0.25, -0.2) is 0 Å². The highest BCUT2D eigenvalue weighted by Crippen LogP contribution is 2.30. The summed E-state index contributed by atoms with van der Waals surface area (Å²) in [4.78, 5) is 22.6. The van der Waals surface area contributed by atoms with Gasteiger partial charge in [-0.1, -0.05) is 12.1 Å². The first-order valence-corrected chi connectivity index (χ1v) is 7.69. The quantitative estimate of drug-likeness (QED) is 0.469. The average Bonchev–Trinajstić information content (AvgIpc) is 2.65. The van der Waals surface area contributed by atoms with Crippen molar-refractivity contribution in [3.05, 3.63) is 64.2 Å². The van der Waals surface area contributed by atoms with E-state index in [9.17, 15) is 14.9 Å². The summed E-state index contributed by atoms with van der Waals surface area (Å²) in [7, 11) is 2.89. The smallest absolute Gasteiger partial charge is 0.310 e. The molecule has 0 spiro atoms. The highest BCUT2D eigenvalue weighted by molar-refractivity contribution is 5.74. The van der Waals surface area contributed by atoms with Crippen molar-refractivity contribution in [1.29, 1.82) is 0 Å². The maximum Gasteiger partial charge on any atom is 0.310 e. The summed E-state index contributed by atoms with van der Waals surface area (Å²) in [6, 6.07) is 12.9. The molecule has 1 N–H and O–H groups in total. The molecule has 2 rings (SSSR count). The largest absolute Gasteiger partial charge is 0.497 e. The zero-order valence-corrected chi connectivity index (χ0v) is 14.3. The Morgan fingerprint density at radius 2 is 1.84 bits per heavy atom. The molecule has 0 aliphatic rings. The first kappa shape index (κ1) is 18.3. The van der Waals surface area contributed by atoms with Gasteiger partial charge in [0.1, 0.15) is 5.75 Å². The lowest BCUT2D eigenvalue weighted by atomic mass is 9.93. The maximum absolute atomic E-state index is 12.0. The molecule has 0 aliphatic carbocycles. The molecule has 0 amide bonds. The molecular formula is C18H20N2O5. The minimum atomic E-state index is -0.547. The van der Waals surface area contributed by atoms with E-state index in [1.165, 1.54) is 19.2 Å². The lowest BCUT2D eigenvalue weighted by Crippen LogP contribution is -2.26. The van der Waals surface area contributed by atoms with Gasteiger partial charge in [0, 0.05) is 17.8 Å². The molecule has 2 aromatic carbocycles. The Morgan fingerprint density at radius 3 is 2.40 bits per heavy atom. The van der Waals surface area contributed by atoms with Crippen LogP contribution in [0.1, 0.15) is 18.5 Å². The number of anilines is 1. The third-order valence-electron chi connectivity index (χ3n) is 3.93. The van der Waals surface area contributed by atoms with Gasteiger partial charge in [0.2, 0.25) is 0 Å². The van der Waals surface area contributed by atoms with E-state index < -0.39 is 22.9 Å². The summed E-state index contributed by atoms with van der Waals surface area (Å²) in [6.45, 7) is 1.71. The number of nitro groups is 1. The molecule has 7 heteroatoms. The molecule has 0 saturated heterocycles. The third kappa shape index (κ3) is 4.47. The van der Waals surface area contributed by atoms with E-state index in [1.807, 2.05) is 12.1 Å². The van der Waals surface area contributed by atoms with E-state index in [4.69, 9.17) is 9.47 Å². The Kier molecular flexibility index (Phi) is 5.94. The molecule has 2 atom stereocenters. The van der Waals surface area contributed by atoms with Crippen LogP contribution in [0.15, 0.2) is 48.5 Å². The molecule has 0 radical (unpaired) electrons. The van der Waals surface area contributed by atoms with Crippen LogP contribution in [0.5, 0.6) is 5.75 Å². The van der Waals surface area contributed by atoms with E-state index in [2.05, 4.69) is 5.32 Å². The van der Waals surface area contributed by atoms with Crippen LogP contribution >= 0.6 is 0 Å². The number of benzene rings is 2. The van der Waals surface area contributed by atoms with E-state index in [1.54, 1.807) is 38.3 Å². The van der Waals surface area contributed by atoms with Gasteiger partial charge in [-0.2, -0.15) is 0 Å². The number of esters is 1. The van der Waals surface area contributed by atoms with Gasteiger partial charge in [0.25, 0.3) is 5.69 Å². The second-order valence-electron chi connectivity index (χ2n) is 5.51. The summed E-state index contributed by atoms with van der Waals surface area (Å²) >= 11 is 0. The molecule has 0 aliphatic heterocycles. The van der Waals surface area contributed by atoms with Crippen LogP contribution < -0.4 is 10.1 Å². The van der Waals surface area contributed by atoms with Crippen LogP contribution in [-0.4, -0.2) is 25.1 Å². The number of nitrogens with one attached hydrogen (secondary N) is 1. The fourth-order valence-electron chi connectivity index (χ4n) is 2.52. The molecule has 0 heterocycles. The van der Waals surface area contributed by atoms with Crippen molar-refractivity contribution in [3.63, 3.8) is 0 Å². The van der Waals surface area contributed by atoms with Gasteiger partial charge in [-0.15, -0.1) is 0 Å². The molecule has 2 aromatic rings. The highest BCUT2D eigenvalue weighted by Gasteiger charge is 2.27. The fourth-order valence-corrected chi connectivity index (χ4v) is 2.52. The lowest BCUT2D eigenvalue weighted by Gasteiger charge is -2.25. The van der Waals surface area contributed by atoms with Crippen LogP contribution in [0.4, 0.5) is 11.4 Å². The first-order valence-electron chi connectivity index (χ1n) is 7.69. The zero-order valence-electron chi connectivity index (χ0n) is 14.3. The number of hydrogen-bond donors (Lipinski definition) is 1. The summed E-state index contributed by atoms with van der Waals surface area (Å²) in [6.07, 6.45) is 0. The highest BCUT2D eigenvalue weighted by atomic mass is 16.6. The molecule has 0 unspecified atom stereocenters. The van der Waals surface area contributed by atoms with Crippen LogP contribution in [0, 0.1) is 16.0 Å². The van der Waals surface area contributed by atoms with Crippen LogP contribution in [0.25, 0.3) is 0 Å². The monoisotopic (exact) mass is 344 g/mol. The number of non-ortho nitro benzene ring substituents is 1. The topological polar surface area (TPSA) is 90.7 Å². The Bertz CT molecular complexity index is 745. The van der Waals surface area contributed by atoms with Crippen molar-refractivity contribution in [2.75, 3.05) is 19.5 Å². The van der Waals surface area contributed by atoms with Gasteiger partial charge >= 0.3 is 5.97 Å². The molecule has 0 saturated carbocycles. The lowest BCUT2D eigenvalue weighted by molar-refractivity contribution is -0.384. The van der Waals surface area contributed by atoms with E-state index in [0.29, 0.717) is 11.3 Å². The van der Waals surface area contributed by atoms with Crippen molar-refractivity contribution >= 4 is 17.3 Å². The van der Waals surface area contributed by atoms with Crippen LogP contribution in [0.3, 0.4) is 0 Å². The van der Waals surface area contributed by atoms with Crippen LogP contribution in [0.2, 0.25) is 0 Å². The molecule has 0 aromatic heterocycles. The minimum Gasteiger partial charge on any atom is -0.497 e. The van der Waals surface area contributed by atoms with Gasteiger partial charge in [0.05, 0.1) is 31.1 Å². The standard InChI is InChI=1S/C18H20N2O5/c1-12(18(21)25-3)17(13-5-4-6-15(11-13)20(22)23)19-14-7-9-16(24-2)10-8-14/h4-12,17,19H,1-3H3/t12-,17+/m1/s1. The second kappa shape index (κ2) is 8.14. The number of rotatable bonds is 7. The average molecular weight is 344 g/mol. The van der Waals surface area contributed by atoms with Gasteiger partial charge in [0.15, 0.2) is 0 Å². The predicted octanol–water partition coefficient (Wildman–Crippen LogP) is 3.57. The summed E-state index contributed by atoms with van der Waals surface area (Å²) in [5.41, 5.74) is 1.35. The Hall–Kier alpha value is -3.09. The van der Waals surface area contributed by atoms with Gasteiger partial charge in [-0.3, -0.25) is 14.9 Å². The summed E-state index contributed by atoms with van der Waals surface area (Å²) < 4.78 is 9.96. The summed E-state index contributed by atoms with van der Waals surface area (Å²) in [5.74, 6) is -0.245. The number of ether oxygens (including phenoxy) is 2. The molecule has 25 heavy (non-hydrogen) atoms.